The summed E-state index contributed by atoms with van der Waals surface area (Å²) in [5.74, 6) is 0. The largest absolute Gasteiger partial charge is 0.389 e. The van der Waals surface area contributed by atoms with Gasteiger partial charge in [0.2, 0.25) is 0 Å². The Morgan fingerprint density at radius 1 is 1.33 bits per heavy atom. The van der Waals surface area contributed by atoms with Crippen LogP contribution in [0.4, 0.5) is 4.39 Å². The van der Waals surface area contributed by atoms with Crippen molar-refractivity contribution in [2.75, 3.05) is 13.2 Å². The van der Waals surface area contributed by atoms with Gasteiger partial charge in [-0.05, 0) is 45.7 Å². The molecule has 3 nitrogen and oxygen atoms in total. The zero-order valence-electron chi connectivity index (χ0n) is 6.72. The zero-order chi connectivity index (χ0) is 9.83. The van der Waals surface area contributed by atoms with Crippen LogP contribution in [-0.2, 0) is 13.6 Å². The first kappa shape index (κ1) is 13.0. The van der Waals surface area contributed by atoms with Crippen molar-refractivity contribution in [3.63, 3.8) is 0 Å². The second kappa shape index (κ2) is 5.05. The van der Waals surface area contributed by atoms with Gasteiger partial charge in [0.25, 0.3) is 0 Å². The highest BCUT2D eigenvalue weighted by Crippen LogP contribution is 2.67. The van der Waals surface area contributed by atoms with E-state index in [9.17, 15) is 8.96 Å². The summed E-state index contributed by atoms with van der Waals surface area (Å²) in [5.41, 5.74) is 0. The first-order chi connectivity index (χ1) is 5.37. The van der Waals surface area contributed by atoms with E-state index in [1.807, 2.05) is 0 Å². The predicted octanol–water partition coefficient (Wildman–Crippen LogP) is 3.62. The van der Waals surface area contributed by atoms with Crippen molar-refractivity contribution in [3.05, 3.63) is 0 Å². The molecule has 0 aromatic heterocycles. The van der Waals surface area contributed by atoms with Crippen LogP contribution < -0.4 is 0 Å². The normalized spacial score (nSPS) is 13.4. The van der Waals surface area contributed by atoms with Gasteiger partial charge in [-0.15, -0.1) is 0 Å². The molecule has 0 aliphatic heterocycles. The molecule has 0 heterocycles. The monoisotopic (exact) mass is 326 g/mol. The van der Waals surface area contributed by atoms with E-state index in [-0.39, 0.29) is 13.2 Å². The molecule has 0 unspecified atom stereocenters. The van der Waals surface area contributed by atoms with Crippen molar-refractivity contribution < 1.29 is 18.0 Å². The Labute approximate surface area is 87.8 Å². The molecule has 12 heavy (non-hydrogen) atoms. The third-order valence-electron chi connectivity index (χ3n) is 0.909. The van der Waals surface area contributed by atoms with Gasteiger partial charge in [0.15, 0.2) is 0 Å². The molecule has 0 fully saturated rings. The van der Waals surface area contributed by atoms with E-state index in [0.29, 0.717) is 0 Å². The van der Waals surface area contributed by atoms with Crippen molar-refractivity contribution in [1.29, 1.82) is 0 Å². The maximum atomic E-state index is 13.1. The van der Waals surface area contributed by atoms with E-state index in [1.54, 1.807) is 13.8 Å². The minimum Gasteiger partial charge on any atom is -0.305 e. The molecule has 0 aliphatic carbocycles. The second-order valence-electron chi connectivity index (χ2n) is 1.80. The Morgan fingerprint density at radius 2 is 1.67 bits per heavy atom. The lowest BCUT2D eigenvalue weighted by molar-refractivity contribution is 0.202. The number of halogens is 3. The van der Waals surface area contributed by atoms with Gasteiger partial charge in [-0.25, -0.2) is 4.39 Å². The smallest absolute Gasteiger partial charge is 0.305 e. The summed E-state index contributed by atoms with van der Waals surface area (Å²) < 4.78 is 31.7. The highest BCUT2D eigenvalue weighted by atomic mass is 79.9. The summed E-state index contributed by atoms with van der Waals surface area (Å²) in [5, 5.41) is 0. The number of rotatable bonds is 5. The molecule has 0 N–H and O–H groups in total. The third kappa shape index (κ3) is 3.42. The molecular weight excluding hydrogens is 318 g/mol. The fourth-order valence-corrected chi connectivity index (χ4v) is 2.80. The van der Waals surface area contributed by atoms with Crippen molar-refractivity contribution in [3.8, 4) is 0 Å². The van der Waals surface area contributed by atoms with Crippen molar-refractivity contribution in [2.24, 2.45) is 0 Å². The Balaban J connectivity index is 4.51. The molecule has 0 aromatic rings. The molecule has 0 spiro atoms. The third-order valence-corrected chi connectivity index (χ3v) is 5.33. The van der Waals surface area contributed by atoms with Gasteiger partial charge in [0.05, 0.1) is 13.2 Å². The van der Waals surface area contributed by atoms with Crippen molar-refractivity contribution >= 4 is 39.5 Å². The van der Waals surface area contributed by atoms with E-state index in [0.717, 1.165) is 0 Å². The van der Waals surface area contributed by atoms with Crippen LogP contribution in [0.3, 0.4) is 0 Å². The SMILES string of the molecule is CCOP(=O)(OCC)C(F)(Br)Br. The van der Waals surface area contributed by atoms with E-state index < -0.39 is 10.8 Å². The maximum absolute atomic E-state index is 13.1. The minimum atomic E-state index is -3.74. The molecule has 0 saturated carbocycles. The summed E-state index contributed by atoms with van der Waals surface area (Å²) in [4.78, 5) is 0. The minimum absolute atomic E-state index is 0.125. The Bertz CT molecular complexity index is 172. The molecule has 0 radical (unpaired) electrons. The van der Waals surface area contributed by atoms with E-state index in [4.69, 9.17) is 9.05 Å². The predicted molar refractivity (Wildman–Crippen MR) is 52.6 cm³/mol. The summed E-state index contributed by atoms with van der Waals surface area (Å²) in [6, 6.07) is 0. The topological polar surface area (TPSA) is 35.5 Å². The van der Waals surface area contributed by atoms with Crippen LogP contribution in [0.5, 0.6) is 0 Å². The van der Waals surface area contributed by atoms with Gasteiger partial charge >= 0.3 is 10.8 Å². The molecule has 0 aliphatic rings. The lowest BCUT2D eigenvalue weighted by Crippen LogP contribution is -2.10. The van der Waals surface area contributed by atoms with E-state index in [2.05, 4.69) is 31.9 Å². The van der Waals surface area contributed by atoms with Crippen LogP contribution in [0.1, 0.15) is 13.8 Å². The standard InChI is InChI=1S/C5H10Br2FO3P/c1-3-10-12(9,11-4-2)5(6,7)8/h3-4H2,1-2H3. The Kier molecular flexibility index (Phi) is 5.49. The highest BCUT2D eigenvalue weighted by molar-refractivity contribution is 9.27. The van der Waals surface area contributed by atoms with Crippen molar-refractivity contribution in [1.82, 2.24) is 0 Å². The first-order valence-electron chi connectivity index (χ1n) is 3.33. The molecule has 0 amide bonds. The maximum Gasteiger partial charge on any atom is 0.389 e. The molecule has 74 valence electrons. The molecule has 0 aromatic carbocycles. The van der Waals surface area contributed by atoms with Crippen LogP contribution >= 0.6 is 39.5 Å². The van der Waals surface area contributed by atoms with Crippen LogP contribution in [0.15, 0.2) is 0 Å². The van der Waals surface area contributed by atoms with Crippen LogP contribution in [0.2, 0.25) is 0 Å². The molecular formula is C5H10Br2FO3P. The summed E-state index contributed by atoms with van der Waals surface area (Å²) in [6.07, 6.45) is 0. The average Bonchev–Trinajstić information content (AvgIpc) is 1.86. The fraction of sp³-hybridized carbons (Fsp3) is 1.00. The second-order valence-corrected chi connectivity index (χ2v) is 8.40. The van der Waals surface area contributed by atoms with Crippen molar-refractivity contribution in [2.45, 2.75) is 17.1 Å². The van der Waals surface area contributed by atoms with Crippen LogP contribution in [-0.4, -0.2) is 16.4 Å². The van der Waals surface area contributed by atoms with Gasteiger partial charge < -0.3 is 9.05 Å². The summed E-state index contributed by atoms with van der Waals surface area (Å²) in [6.45, 7) is 3.47. The Hall–Kier alpha value is 1.04. The summed E-state index contributed by atoms with van der Waals surface area (Å²) in [7, 11) is -3.74. The number of alkyl halides is 3. The first-order valence-corrected chi connectivity index (χ1v) is 6.46. The molecule has 0 atom stereocenters. The lowest BCUT2D eigenvalue weighted by Gasteiger charge is -2.22. The van der Waals surface area contributed by atoms with Crippen LogP contribution in [0.25, 0.3) is 0 Å². The Morgan fingerprint density at radius 3 is 1.83 bits per heavy atom. The molecule has 0 saturated heterocycles. The number of hydrogen-bond acceptors (Lipinski definition) is 3. The van der Waals surface area contributed by atoms with Gasteiger partial charge in [-0.3, -0.25) is 4.57 Å². The van der Waals surface area contributed by atoms with E-state index >= 15 is 0 Å². The molecule has 0 rings (SSSR count). The molecule has 7 heteroatoms. The highest BCUT2D eigenvalue weighted by Gasteiger charge is 2.48. The van der Waals surface area contributed by atoms with Gasteiger partial charge in [0.1, 0.15) is 0 Å². The average molecular weight is 328 g/mol. The van der Waals surface area contributed by atoms with Gasteiger partial charge in [-0.2, -0.15) is 0 Å². The van der Waals surface area contributed by atoms with Gasteiger partial charge in [0, 0.05) is 0 Å². The van der Waals surface area contributed by atoms with Gasteiger partial charge in [-0.1, -0.05) is 0 Å². The lowest BCUT2D eigenvalue weighted by atomic mass is 10.9. The summed E-state index contributed by atoms with van der Waals surface area (Å²) >= 11 is 5.08. The fourth-order valence-electron chi connectivity index (χ4n) is 0.524. The molecule has 0 bridgehead atoms. The quantitative estimate of drug-likeness (QED) is 0.571. The van der Waals surface area contributed by atoms with E-state index in [1.165, 1.54) is 0 Å². The number of hydrogen-bond donors (Lipinski definition) is 0. The zero-order valence-corrected chi connectivity index (χ0v) is 10.8. The van der Waals surface area contributed by atoms with Crippen LogP contribution in [0, 0.1) is 0 Å².